The molecule has 1 aliphatic heterocycles. The molecule has 1 aromatic rings. The zero-order valence-corrected chi connectivity index (χ0v) is 15.3. The van der Waals surface area contributed by atoms with Crippen molar-refractivity contribution >= 4 is 11.8 Å². The lowest BCUT2D eigenvalue weighted by Gasteiger charge is -2.44. The van der Waals surface area contributed by atoms with Crippen molar-refractivity contribution in [3.63, 3.8) is 0 Å². The lowest BCUT2D eigenvalue weighted by molar-refractivity contribution is 0.0618. The first-order chi connectivity index (χ1) is 11.9. The van der Waals surface area contributed by atoms with Crippen LogP contribution in [-0.4, -0.2) is 59.9 Å². The third-order valence-electron chi connectivity index (χ3n) is 4.72. The molecular formula is C19H28FN3O2. The molecule has 0 bridgehead atoms. The number of ketones is 1. The van der Waals surface area contributed by atoms with Gasteiger partial charge in [-0.2, -0.15) is 0 Å². The maximum absolute atomic E-state index is 12.9. The molecule has 1 aliphatic rings. The van der Waals surface area contributed by atoms with Gasteiger partial charge in [0.25, 0.3) is 0 Å². The summed E-state index contributed by atoms with van der Waals surface area (Å²) in [5, 5.41) is 2.86. The molecule has 0 aromatic heterocycles. The fourth-order valence-corrected chi connectivity index (χ4v) is 3.27. The normalized spacial score (nSPS) is 21.2. The molecule has 1 saturated heterocycles. The van der Waals surface area contributed by atoms with Gasteiger partial charge in [-0.15, -0.1) is 0 Å². The summed E-state index contributed by atoms with van der Waals surface area (Å²) in [4.78, 5) is 28.4. The van der Waals surface area contributed by atoms with Gasteiger partial charge in [-0.1, -0.05) is 0 Å². The molecule has 25 heavy (non-hydrogen) atoms. The highest BCUT2D eigenvalue weighted by molar-refractivity contribution is 5.95. The number of halogens is 1. The smallest absolute Gasteiger partial charge is 0.317 e. The van der Waals surface area contributed by atoms with E-state index in [0.29, 0.717) is 25.1 Å². The number of carbonyl (C=O) groups is 2. The van der Waals surface area contributed by atoms with Gasteiger partial charge in [0.2, 0.25) is 0 Å². The number of Topliss-reactive ketones (excluding diaryl/α,β-unsaturated/α-hetero) is 1. The third-order valence-corrected chi connectivity index (χ3v) is 4.72. The van der Waals surface area contributed by atoms with Gasteiger partial charge < -0.3 is 10.2 Å². The molecule has 1 aromatic carbocycles. The van der Waals surface area contributed by atoms with Crippen LogP contribution in [0, 0.1) is 5.82 Å². The largest absolute Gasteiger partial charge is 0.338 e. The lowest BCUT2D eigenvalue weighted by Crippen LogP contribution is -2.60. The number of hydrogen-bond donors (Lipinski definition) is 1. The number of benzene rings is 1. The van der Waals surface area contributed by atoms with Gasteiger partial charge in [0.05, 0.1) is 0 Å². The van der Waals surface area contributed by atoms with Crippen molar-refractivity contribution in [2.45, 2.75) is 45.7 Å². The van der Waals surface area contributed by atoms with Gasteiger partial charge in [0, 0.05) is 43.7 Å². The van der Waals surface area contributed by atoms with Crippen LogP contribution < -0.4 is 5.32 Å². The van der Waals surface area contributed by atoms with E-state index < -0.39 is 0 Å². The van der Waals surface area contributed by atoms with Crippen molar-refractivity contribution in [1.29, 1.82) is 0 Å². The average molecular weight is 349 g/mol. The summed E-state index contributed by atoms with van der Waals surface area (Å²) in [7, 11) is 0. The van der Waals surface area contributed by atoms with Crippen molar-refractivity contribution in [1.82, 2.24) is 15.1 Å². The Labute approximate surface area is 149 Å². The predicted octanol–water partition coefficient (Wildman–Crippen LogP) is 2.91. The molecule has 138 valence electrons. The summed E-state index contributed by atoms with van der Waals surface area (Å²) in [6, 6.07) is 6.11. The standard InChI is InChI=1S/C19H28FN3O2/c1-4-21-19(25)23-13-14(2)22(12-15(23)3)11-5-6-18(24)16-7-9-17(20)10-8-16/h7-10,14-15H,4-6,11-13H2,1-3H3,(H,21,25)/t14-,15+/m0/s1. The van der Waals surface area contributed by atoms with E-state index >= 15 is 0 Å². The second kappa shape index (κ2) is 8.94. The fourth-order valence-electron chi connectivity index (χ4n) is 3.27. The van der Waals surface area contributed by atoms with Gasteiger partial charge in [-0.25, -0.2) is 9.18 Å². The van der Waals surface area contributed by atoms with E-state index in [4.69, 9.17) is 0 Å². The minimum atomic E-state index is -0.329. The van der Waals surface area contributed by atoms with Crippen LogP contribution in [0.5, 0.6) is 0 Å². The number of piperazine rings is 1. The Kier molecular flexibility index (Phi) is 6.93. The summed E-state index contributed by atoms with van der Waals surface area (Å²) in [5.41, 5.74) is 0.559. The Morgan fingerprint density at radius 3 is 2.48 bits per heavy atom. The Hall–Kier alpha value is -1.95. The minimum Gasteiger partial charge on any atom is -0.338 e. The number of carbonyl (C=O) groups excluding carboxylic acids is 2. The molecular weight excluding hydrogens is 321 g/mol. The Morgan fingerprint density at radius 2 is 1.84 bits per heavy atom. The molecule has 0 saturated carbocycles. The zero-order chi connectivity index (χ0) is 18.4. The molecule has 0 spiro atoms. The highest BCUT2D eigenvalue weighted by Gasteiger charge is 2.31. The molecule has 1 heterocycles. The van der Waals surface area contributed by atoms with Crippen LogP contribution in [0.25, 0.3) is 0 Å². The molecule has 2 atom stereocenters. The first kappa shape index (κ1) is 19.4. The maximum Gasteiger partial charge on any atom is 0.317 e. The van der Waals surface area contributed by atoms with Gasteiger partial charge in [-0.05, 0) is 58.0 Å². The van der Waals surface area contributed by atoms with Crippen LogP contribution in [0.3, 0.4) is 0 Å². The third kappa shape index (κ3) is 5.26. The number of amides is 2. The fraction of sp³-hybridized carbons (Fsp3) is 0.579. The Morgan fingerprint density at radius 1 is 1.16 bits per heavy atom. The molecule has 0 radical (unpaired) electrons. The van der Waals surface area contributed by atoms with E-state index in [1.54, 1.807) is 0 Å². The minimum absolute atomic E-state index is 0.00649. The van der Waals surface area contributed by atoms with Crippen molar-refractivity contribution < 1.29 is 14.0 Å². The maximum atomic E-state index is 12.9. The van der Waals surface area contributed by atoms with Gasteiger partial charge >= 0.3 is 6.03 Å². The second-order valence-electron chi connectivity index (χ2n) is 6.71. The summed E-state index contributed by atoms with van der Waals surface area (Å²) in [5.74, 6) is -0.286. The van der Waals surface area contributed by atoms with Crippen molar-refractivity contribution in [2.24, 2.45) is 0 Å². The SMILES string of the molecule is CCNC(=O)N1C[C@H](C)N(CCCC(=O)c2ccc(F)cc2)C[C@H]1C. The molecule has 2 rings (SSSR count). The van der Waals surface area contributed by atoms with Gasteiger partial charge in [0.15, 0.2) is 5.78 Å². The van der Waals surface area contributed by atoms with Crippen LogP contribution in [0.4, 0.5) is 9.18 Å². The van der Waals surface area contributed by atoms with Gasteiger partial charge in [0.1, 0.15) is 5.82 Å². The Bertz CT molecular complexity index is 591. The van der Waals surface area contributed by atoms with E-state index in [0.717, 1.165) is 19.5 Å². The van der Waals surface area contributed by atoms with Crippen LogP contribution in [0.1, 0.15) is 44.0 Å². The van der Waals surface area contributed by atoms with E-state index in [-0.39, 0.29) is 29.7 Å². The van der Waals surface area contributed by atoms with Crippen LogP contribution >= 0.6 is 0 Å². The number of rotatable bonds is 6. The van der Waals surface area contributed by atoms with E-state index in [2.05, 4.69) is 24.1 Å². The van der Waals surface area contributed by atoms with Crippen molar-refractivity contribution in [3.05, 3.63) is 35.6 Å². The summed E-state index contributed by atoms with van der Waals surface area (Å²) < 4.78 is 12.9. The molecule has 6 heteroatoms. The molecule has 0 aliphatic carbocycles. The monoisotopic (exact) mass is 349 g/mol. The van der Waals surface area contributed by atoms with Crippen molar-refractivity contribution in [2.75, 3.05) is 26.2 Å². The van der Waals surface area contributed by atoms with E-state index in [1.165, 1.54) is 24.3 Å². The van der Waals surface area contributed by atoms with Crippen LogP contribution in [0.2, 0.25) is 0 Å². The van der Waals surface area contributed by atoms with E-state index in [9.17, 15) is 14.0 Å². The molecule has 5 nitrogen and oxygen atoms in total. The predicted molar refractivity (Wildman–Crippen MR) is 96.2 cm³/mol. The van der Waals surface area contributed by atoms with Crippen molar-refractivity contribution in [3.8, 4) is 0 Å². The molecule has 1 N–H and O–H groups in total. The quantitative estimate of drug-likeness (QED) is 0.804. The zero-order valence-electron chi connectivity index (χ0n) is 15.3. The summed E-state index contributed by atoms with van der Waals surface area (Å²) in [6.45, 7) is 9.04. The Balaban J connectivity index is 1.80. The first-order valence-electron chi connectivity index (χ1n) is 8.99. The lowest BCUT2D eigenvalue weighted by atomic mass is 10.0. The number of nitrogens with zero attached hydrogens (tertiary/aromatic N) is 2. The van der Waals surface area contributed by atoms with Crippen LogP contribution in [-0.2, 0) is 0 Å². The molecule has 2 amide bonds. The topological polar surface area (TPSA) is 52.7 Å². The van der Waals surface area contributed by atoms with Crippen LogP contribution in [0.15, 0.2) is 24.3 Å². The number of nitrogens with one attached hydrogen (secondary N) is 1. The highest BCUT2D eigenvalue weighted by Crippen LogP contribution is 2.16. The number of hydrogen-bond acceptors (Lipinski definition) is 3. The summed E-state index contributed by atoms with van der Waals surface area (Å²) >= 11 is 0. The summed E-state index contributed by atoms with van der Waals surface area (Å²) in [6.07, 6.45) is 1.21. The number of urea groups is 1. The average Bonchev–Trinajstić information content (AvgIpc) is 2.58. The van der Waals surface area contributed by atoms with Gasteiger partial charge in [-0.3, -0.25) is 9.69 Å². The molecule has 0 unspecified atom stereocenters. The molecule has 1 fully saturated rings. The first-order valence-corrected chi connectivity index (χ1v) is 8.99. The van der Waals surface area contributed by atoms with E-state index in [1.807, 2.05) is 11.8 Å². The highest BCUT2D eigenvalue weighted by atomic mass is 19.1. The second-order valence-corrected chi connectivity index (χ2v) is 6.71.